The van der Waals surface area contributed by atoms with Gasteiger partial charge in [-0.2, -0.15) is 13.2 Å². The van der Waals surface area contributed by atoms with Crippen molar-refractivity contribution in [3.63, 3.8) is 0 Å². The number of alkyl halides is 3. The Morgan fingerprint density at radius 2 is 1.78 bits per heavy atom. The maximum atomic E-state index is 14.1. The van der Waals surface area contributed by atoms with Crippen LogP contribution < -0.4 is 4.74 Å². The minimum atomic E-state index is -4.46. The number of benzene rings is 3. The summed E-state index contributed by atoms with van der Waals surface area (Å²) in [4.78, 5) is 13.3. The number of aryl methyl sites for hydroxylation is 1. The van der Waals surface area contributed by atoms with Crippen molar-refractivity contribution in [2.24, 2.45) is 0 Å². The Balaban J connectivity index is 1.23. The van der Waals surface area contributed by atoms with Crippen molar-refractivity contribution in [2.45, 2.75) is 69.7 Å². The second-order valence-corrected chi connectivity index (χ2v) is 11.1. The van der Waals surface area contributed by atoms with E-state index in [1.807, 2.05) is 0 Å². The van der Waals surface area contributed by atoms with E-state index in [-0.39, 0.29) is 30.6 Å². The molecule has 1 N–H and O–H groups in total. The predicted octanol–water partition coefficient (Wildman–Crippen LogP) is 7.35. The largest absolute Gasteiger partial charge is 0.489 e. The fraction of sp³-hybridized carbons (Fsp3) is 0.382. The molecule has 1 atom stereocenters. The first-order valence-corrected chi connectivity index (χ1v) is 14.0. The summed E-state index contributed by atoms with van der Waals surface area (Å²) in [5, 5.41) is 9.13. The molecule has 0 aromatic heterocycles. The molecule has 1 saturated heterocycles. The van der Waals surface area contributed by atoms with Crippen LogP contribution in [0.1, 0.15) is 71.9 Å². The van der Waals surface area contributed by atoms with Crippen molar-refractivity contribution < 1.29 is 27.8 Å². The molecule has 0 unspecified atom stereocenters. The lowest BCUT2D eigenvalue weighted by Crippen LogP contribution is -2.41. The third kappa shape index (κ3) is 6.60. The van der Waals surface area contributed by atoms with E-state index in [9.17, 15) is 18.0 Å². The van der Waals surface area contributed by atoms with E-state index in [1.165, 1.54) is 17.2 Å². The minimum absolute atomic E-state index is 0.0122. The maximum Gasteiger partial charge on any atom is 0.416 e. The second-order valence-electron chi connectivity index (χ2n) is 11.1. The van der Waals surface area contributed by atoms with Gasteiger partial charge in [0.05, 0.1) is 17.9 Å². The molecule has 4 nitrogen and oxygen atoms in total. The van der Waals surface area contributed by atoms with Crippen molar-refractivity contribution in [2.75, 3.05) is 13.1 Å². The number of rotatable bonds is 8. The molecule has 2 aliphatic rings. The Bertz CT molecular complexity index is 1440. The fourth-order valence-corrected chi connectivity index (χ4v) is 6.34. The zero-order valence-electron chi connectivity index (χ0n) is 23.1. The van der Waals surface area contributed by atoms with Gasteiger partial charge in [0.25, 0.3) is 0 Å². The first kappa shape index (κ1) is 28.8. The molecule has 1 heterocycles. The number of carboxylic acid groups (broad SMARTS) is 1. The van der Waals surface area contributed by atoms with E-state index in [2.05, 4.69) is 41.0 Å². The van der Waals surface area contributed by atoms with Gasteiger partial charge in [-0.1, -0.05) is 54.5 Å². The number of aliphatic carboxylic acids is 1. The lowest BCUT2D eigenvalue weighted by atomic mass is 9.74. The van der Waals surface area contributed by atoms with Gasteiger partial charge in [0, 0.05) is 6.54 Å². The van der Waals surface area contributed by atoms with Crippen LogP contribution in [0.4, 0.5) is 13.2 Å². The Hall–Kier alpha value is -3.76. The number of halogens is 3. The van der Waals surface area contributed by atoms with Gasteiger partial charge in [-0.05, 0) is 97.1 Å². The molecule has 0 saturated carbocycles. The average Bonchev–Trinajstić information content (AvgIpc) is 3.31. The molecular weight excluding hydrogens is 527 g/mol. The van der Waals surface area contributed by atoms with Crippen molar-refractivity contribution in [3.8, 4) is 17.6 Å². The van der Waals surface area contributed by atoms with Crippen LogP contribution in [0.3, 0.4) is 0 Å². The summed E-state index contributed by atoms with van der Waals surface area (Å²) in [6.45, 7) is 3.48. The number of nitrogens with zero attached hydrogens (tertiary/aromatic N) is 1. The third-order valence-corrected chi connectivity index (χ3v) is 8.53. The summed E-state index contributed by atoms with van der Waals surface area (Å²) in [7, 11) is 0. The first-order chi connectivity index (χ1) is 19.7. The van der Waals surface area contributed by atoms with E-state index < -0.39 is 23.6 Å². The number of carbonyl (C=O) groups is 1. The molecule has 1 fully saturated rings. The van der Waals surface area contributed by atoms with Gasteiger partial charge in [-0.15, -0.1) is 5.92 Å². The van der Waals surface area contributed by atoms with Gasteiger partial charge in [-0.3, -0.25) is 9.69 Å². The summed E-state index contributed by atoms with van der Waals surface area (Å²) >= 11 is 0. The molecule has 214 valence electrons. The zero-order chi connectivity index (χ0) is 29.0. The highest BCUT2D eigenvalue weighted by Gasteiger charge is 2.41. The summed E-state index contributed by atoms with van der Waals surface area (Å²) in [6.07, 6.45) is -0.425. The van der Waals surface area contributed by atoms with Crippen LogP contribution in [-0.2, 0) is 36.0 Å². The highest BCUT2D eigenvalue weighted by atomic mass is 19.4. The third-order valence-electron chi connectivity index (χ3n) is 8.53. The van der Waals surface area contributed by atoms with E-state index in [1.54, 1.807) is 43.3 Å². The highest BCUT2D eigenvalue weighted by molar-refractivity contribution is 5.69. The van der Waals surface area contributed by atoms with Crippen molar-refractivity contribution >= 4 is 5.97 Å². The number of hydrogen-bond acceptors (Lipinski definition) is 3. The Morgan fingerprint density at radius 1 is 1.05 bits per heavy atom. The number of fused-ring (bicyclic) bond motifs is 2. The van der Waals surface area contributed by atoms with Gasteiger partial charge >= 0.3 is 12.1 Å². The molecule has 0 bridgehead atoms. The summed E-state index contributed by atoms with van der Waals surface area (Å²) in [5.74, 6) is 4.76. The summed E-state index contributed by atoms with van der Waals surface area (Å²) < 4.78 is 48.1. The SMILES string of the molecule is CC#C[C@@H](CC(=O)O)c1ccc(OCc2ccc(CN3CCC4(CCc5ccccc54)CC3)c(C(F)(F)F)c2)cc1. The van der Waals surface area contributed by atoms with Crippen LogP contribution in [-0.4, -0.2) is 29.1 Å². The molecule has 1 spiro atoms. The van der Waals surface area contributed by atoms with E-state index in [0.717, 1.165) is 44.3 Å². The first-order valence-electron chi connectivity index (χ1n) is 14.0. The van der Waals surface area contributed by atoms with Crippen LogP contribution in [0, 0.1) is 11.8 Å². The van der Waals surface area contributed by atoms with Crippen LogP contribution in [0.2, 0.25) is 0 Å². The van der Waals surface area contributed by atoms with E-state index in [0.29, 0.717) is 11.3 Å². The minimum Gasteiger partial charge on any atom is -0.489 e. The molecule has 7 heteroatoms. The summed E-state index contributed by atoms with van der Waals surface area (Å²) in [6, 6.07) is 19.9. The van der Waals surface area contributed by atoms with Gasteiger partial charge < -0.3 is 9.84 Å². The van der Waals surface area contributed by atoms with Gasteiger partial charge in [-0.25, -0.2) is 0 Å². The van der Waals surface area contributed by atoms with Crippen molar-refractivity contribution in [1.82, 2.24) is 4.90 Å². The topological polar surface area (TPSA) is 49.8 Å². The summed E-state index contributed by atoms with van der Waals surface area (Å²) in [5.41, 5.74) is 3.88. The quantitative estimate of drug-likeness (QED) is 0.292. The molecule has 41 heavy (non-hydrogen) atoms. The molecule has 1 aliphatic carbocycles. The maximum absolute atomic E-state index is 14.1. The molecule has 3 aromatic carbocycles. The van der Waals surface area contributed by atoms with Gasteiger partial charge in [0.1, 0.15) is 12.4 Å². The molecule has 5 rings (SSSR count). The van der Waals surface area contributed by atoms with Crippen LogP contribution >= 0.6 is 0 Å². The van der Waals surface area contributed by atoms with Crippen LogP contribution in [0.15, 0.2) is 66.7 Å². The molecular formula is C34H34F3NO3. The van der Waals surface area contributed by atoms with Crippen molar-refractivity contribution in [3.05, 3.63) is 100 Å². The lowest BCUT2D eigenvalue weighted by Gasteiger charge is -2.40. The normalized spacial score (nSPS) is 17.0. The van der Waals surface area contributed by atoms with Gasteiger partial charge in [0.15, 0.2) is 0 Å². The number of carboxylic acids is 1. The van der Waals surface area contributed by atoms with Crippen LogP contribution in [0.5, 0.6) is 5.75 Å². The molecule has 3 aromatic rings. The fourth-order valence-electron chi connectivity index (χ4n) is 6.34. The Morgan fingerprint density at radius 3 is 2.46 bits per heavy atom. The molecule has 0 radical (unpaired) electrons. The average molecular weight is 562 g/mol. The Labute approximate surface area is 239 Å². The number of hydrogen-bond donors (Lipinski definition) is 1. The second kappa shape index (κ2) is 12.0. The van der Waals surface area contributed by atoms with Crippen molar-refractivity contribution in [1.29, 1.82) is 0 Å². The molecule has 1 aliphatic heterocycles. The monoisotopic (exact) mass is 561 g/mol. The molecule has 0 amide bonds. The number of ether oxygens (including phenoxy) is 1. The Kier molecular flexibility index (Phi) is 8.42. The smallest absolute Gasteiger partial charge is 0.416 e. The highest BCUT2D eigenvalue weighted by Crippen LogP contribution is 2.46. The lowest BCUT2D eigenvalue weighted by molar-refractivity contribution is -0.139. The number of likely N-dealkylation sites (tertiary alicyclic amines) is 1. The predicted molar refractivity (Wildman–Crippen MR) is 152 cm³/mol. The van der Waals surface area contributed by atoms with Gasteiger partial charge in [0.2, 0.25) is 0 Å². The van der Waals surface area contributed by atoms with E-state index in [4.69, 9.17) is 9.84 Å². The standard InChI is InChI=1S/C34H34F3NO3/c1-2-5-27(21-32(39)40)25-10-12-29(13-11-25)41-23-24-8-9-28(31(20-24)34(35,36)37)22-38-18-16-33(17-19-38)15-14-26-6-3-4-7-30(26)33/h3-4,6-13,20,27H,14-19,21-23H2,1H3,(H,39,40)/t27-/m0/s1. The van der Waals surface area contributed by atoms with E-state index >= 15 is 0 Å². The van der Waals surface area contributed by atoms with Crippen LogP contribution in [0.25, 0.3) is 0 Å². The number of piperidine rings is 1. The zero-order valence-corrected chi connectivity index (χ0v) is 23.1.